The number of rotatable bonds is 10. The van der Waals surface area contributed by atoms with Crippen LogP contribution in [0.15, 0.2) is 18.2 Å². The van der Waals surface area contributed by atoms with Crippen molar-refractivity contribution in [2.45, 2.75) is 78.0 Å². The van der Waals surface area contributed by atoms with Crippen molar-refractivity contribution in [2.24, 2.45) is 5.73 Å². The number of imidazole rings is 1. The number of hydrogen-bond donors (Lipinski definition) is 3. The van der Waals surface area contributed by atoms with E-state index in [0.29, 0.717) is 48.5 Å². The van der Waals surface area contributed by atoms with Crippen molar-refractivity contribution in [1.82, 2.24) is 24.6 Å². The summed E-state index contributed by atoms with van der Waals surface area (Å²) in [7, 11) is 1.49. The molecule has 4 rings (SSSR count). The number of carbonyl (C=O) groups is 3. The zero-order chi connectivity index (χ0) is 27.9. The number of aromatic nitrogens is 4. The van der Waals surface area contributed by atoms with E-state index in [0.717, 1.165) is 31.4 Å². The second kappa shape index (κ2) is 12.6. The molecule has 1 aromatic carbocycles. The Labute approximate surface area is 227 Å². The van der Waals surface area contributed by atoms with Crippen molar-refractivity contribution >= 4 is 34.9 Å². The van der Waals surface area contributed by atoms with Crippen LogP contribution in [0.4, 0.5) is 10.7 Å². The number of nitrogens with one attached hydrogen (secondary N) is 2. The molecule has 0 saturated heterocycles. The van der Waals surface area contributed by atoms with E-state index in [-0.39, 0.29) is 23.5 Å². The molecule has 12 nitrogen and oxygen atoms in total. The fraction of sp³-hybridized carbons (Fsp3) is 0.519. The summed E-state index contributed by atoms with van der Waals surface area (Å²) < 4.78 is 14.6. The molecule has 39 heavy (non-hydrogen) atoms. The molecule has 0 bridgehead atoms. The first-order valence-electron chi connectivity index (χ1n) is 13.5. The number of carbonyl (C=O) groups excluding carboxylic acids is 3. The summed E-state index contributed by atoms with van der Waals surface area (Å²) >= 11 is 0. The molecule has 1 fully saturated rings. The number of amides is 3. The molecule has 1 aliphatic rings. The molecule has 3 aromatic rings. The van der Waals surface area contributed by atoms with E-state index in [2.05, 4.69) is 20.7 Å². The molecule has 2 heterocycles. The van der Waals surface area contributed by atoms with Gasteiger partial charge in [0.25, 0.3) is 5.91 Å². The van der Waals surface area contributed by atoms with Gasteiger partial charge in [-0.25, -0.2) is 9.78 Å². The molecule has 1 saturated carbocycles. The Morgan fingerprint density at radius 3 is 2.54 bits per heavy atom. The van der Waals surface area contributed by atoms with Gasteiger partial charge in [0.15, 0.2) is 0 Å². The van der Waals surface area contributed by atoms with Crippen LogP contribution in [0, 0.1) is 6.92 Å². The minimum atomic E-state index is -0.617. The maximum Gasteiger partial charge on any atom is 0.407 e. The molecule has 0 atom stereocenters. The van der Waals surface area contributed by atoms with Gasteiger partial charge in [0.05, 0.1) is 18.3 Å². The predicted octanol–water partition coefficient (Wildman–Crippen LogP) is 3.76. The smallest absolute Gasteiger partial charge is 0.407 e. The molecule has 0 radical (unpaired) electrons. The standard InChI is InChI=1S/C27H37N7O5/c1-4-34-21(14-17(2)32-34)25(36)31-26-30-20-15-18(24(28)35)16-22(38-3)23(20)33(26)13-9-12-29-27(37)39-19-10-7-5-6-8-11-19/h14-16,19H,4-13H2,1-3H3,(H2,28,35)(H,29,37)(H,30,31,36). The zero-order valence-corrected chi connectivity index (χ0v) is 22.8. The number of nitrogens with two attached hydrogens (primary N) is 1. The quantitative estimate of drug-likeness (QED) is 0.262. The number of benzene rings is 1. The van der Waals surface area contributed by atoms with Gasteiger partial charge in [-0.3, -0.25) is 19.6 Å². The maximum atomic E-state index is 13.2. The van der Waals surface area contributed by atoms with Gasteiger partial charge < -0.3 is 25.1 Å². The van der Waals surface area contributed by atoms with Crippen molar-refractivity contribution in [3.8, 4) is 5.75 Å². The number of methoxy groups -OCH3 is 1. The van der Waals surface area contributed by atoms with E-state index >= 15 is 0 Å². The van der Waals surface area contributed by atoms with Gasteiger partial charge >= 0.3 is 6.09 Å². The number of primary amides is 1. The van der Waals surface area contributed by atoms with Crippen LogP contribution in [0.2, 0.25) is 0 Å². The number of alkyl carbamates (subject to hydrolysis) is 1. The molecule has 2 aromatic heterocycles. The highest BCUT2D eigenvalue weighted by atomic mass is 16.6. The number of ether oxygens (including phenoxy) is 2. The average molecular weight is 540 g/mol. The maximum absolute atomic E-state index is 13.2. The van der Waals surface area contributed by atoms with Gasteiger partial charge in [-0.05, 0) is 64.2 Å². The molecule has 0 spiro atoms. The average Bonchev–Trinajstić information content (AvgIpc) is 3.35. The molecule has 3 amide bonds. The van der Waals surface area contributed by atoms with Crippen LogP contribution in [0.3, 0.4) is 0 Å². The van der Waals surface area contributed by atoms with E-state index in [9.17, 15) is 14.4 Å². The first kappa shape index (κ1) is 27.9. The van der Waals surface area contributed by atoms with Crippen LogP contribution in [0.25, 0.3) is 11.0 Å². The highest BCUT2D eigenvalue weighted by Crippen LogP contribution is 2.31. The summed E-state index contributed by atoms with van der Waals surface area (Å²) in [6.45, 7) is 5.02. The number of aryl methyl sites for hydroxylation is 3. The van der Waals surface area contributed by atoms with Crippen LogP contribution < -0.4 is 21.1 Å². The lowest BCUT2D eigenvalue weighted by Gasteiger charge is -2.16. The van der Waals surface area contributed by atoms with E-state index in [1.165, 1.54) is 20.0 Å². The Hall–Kier alpha value is -4.09. The second-order valence-corrected chi connectivity index (χ2v) is 9.74. The first-order chi connectivity index (χ1) is 18.8. The van der Waals surface area contributed by atoms with Crippen molar-refractivity contribution < 1.29 is 23.9 Å². The SMILES string of the molecule is CCn1nc(C)cc1C(=O)Nc1nc2cc(C(N)=O)cc(OC)c2n1CCCNC(=O)OC1CCCCCC1. The van der Waals surface area contributed by atoms with Crippen molar-refractivity contribution in [3.05, 3.63) is 35.2 Å². The van der Waals surface area contributed by atoms with Gasteiger partial charge in [0, 0.05) is 25.2 Å². The summed E-state index contributed by atoms with van der Waals surface area (Å²) in [4.78, 5) is 42.0. The van der Waals surface area contributed by atoms with Crippen LogP contribution >= 0.6 is 0 Å². The molecule has 4 N–H and O–H groups in total. The summed E-state index contributed by atoms with van der Waals surface area (Å²) in [5.41, 5.74) is 7.92. The lowest BCUT2D eigenvalue weighted by molar-refractivity contribution is 0.0886. The lowest BCUT2D eigenvalue weighted by atomic mass is 10.1. The topological polar surface area (TPSA) is 155 Å². The Morgan fingerprint density at radius 2 is 1.87 bits per heavy atom. The van der Waals surface area contributed by atoms with Gasteiger partial charge in [0.1, 0.15) is 23.1 Å². The Morgan fingerprint density at radius 1 is 1.13 bits per heavy atom. The Kier molecular flexibility index (Phi) is 9.05. The van der Waals surface area contributed by atoms with Crippen LogP contribution in [0.1, 0.15) is 78.4 Å². The monoisotopic (exact) mass is 539 g/mol. The summed E-state index contributed by atoms with van der Waals surface area (Å²) in [5, 5.41) is 10.1. The number of fused-ring (bicyclic) bond motifs is 1. The van der Waals surface area contributed by atoms with Crippen LogP contribution in [-0.4, -0.2) is 57.0 Å². The van der Waals surface area contributed by atoms with Gasteiger partial charge in [-0.15, -0.1) is 0 Å². The summed E-state index contributed by atoms with van der Waals surface area (Å²) in [5.74, 6) is -0.316. The highest BCUT2D eigenvalue weighted by Gasteiger charge is 2.22. The minimum absolute atomic E-state index is 0.0317. The lowest BCUT2D eigenvalue weighted by Crippen LogP contribution is -2.30. The third-order valence-electron chi connectivity index (χ3n) is 6.87. The largest absolute Gasteiger partial charge is 0.494 e. The van der Waals surface area contributed by atoms with Gasteiger partial charge in [-0.2, -0.15) is 5.10 Å². The van der Waals surface area contributed by atoms with Gasteiger partial charge in [0.2, 0.25) is 11.9 Å². The molecule has 210 valence electrons. The molecule has 12 heteroatoms. The third kappa shape index (κ3) is 6.68. The molecular formula is C27H37N7O5. The third-order valence-corrected chi connectivity index (χ3v) is 6.87. The van der Waals surface area contributed by atoms with Crippen molar-refractivity contribution in [3.63, 3.8) is 0 Å². The van der Waals surface area contributed by atoms with E-state index in [4.69, 9.17) is 15.2 Å². The molecular weight excluding hydrogens is 502 g/mol. The van der Waals surface area contributed by atoms with Crippen LogP contribution in [0.5, 0.6) is 5.75 Å². The number of nitrogens with zero attached hydrogens (tertiary/aromatic N) is 4. The Bertz CT molecular complexity index is 1340. The summed E-state index contributed by atoms with van der Waals surface area (Å²) in [6, 6.07) is 4.82. The van der Waals surface area contributed by atoms with Gasteiger partial charge in [-0.1, -0.05) is 12.8 Å². The van der Waals surface area contributed by atoms with Crippen LogP contribution in [-0.2, 0) is 17.8 Å². The second-order valence-electron chi connectivity index (χ2n) is 9.74. The fourth-order valence-corrected chi connectivity index (χ4v) is 4.96. The fourth-order valence-electron chi connectivity index (χ4n) is 4.96. The first-order valence-corrected chi connectivity index (χ1v) is 13.5. The molecule has 0 aliphatic heterocycles. The highest BCUT2D eigenvalue weighted by molar-refractivity contribution is 6.04. The van der Waals surface area contributed by atoms with Crippen molar-refractivity contribution in [2.75, 3.05) is 19.0 Å². The number of anilines is 1. The van der Waals surface area contributed by atoms with E-state index in [1.807, 2.05) is 13.8 Å². The van der Waals surface area contributed by atoms with E-state index in [1.54, 1.807) is 27.4 Å². The predicted molar refractivity (Wildman–Crippen MR) is 146 cm³/mol. The normalized spacial score (nSPS) is 14.1. The zero-order valence-electron chi connectivity index (χ0n) is 22.8. The molecule has 0 unspecified atom stereocenters. The minimum Gasteiger partial charge on any atom is -0.494 e. The summed E-state index contributed by atoms with van der Waals surface area (Å²) in [6.07, 6.45) is 6.42. The number of hydrogen-bond acceptors (Lipinski definition) is 7. The molecule has 1 aliphatic carbocycles. The van der Waals surface area contributed by atoms with Crippen molar-refractivity contribution in [1.29, 1.82) is 0 Å². The Balaban J connectivity index is 1.53. The van der Waals surface area contributed by atoms with E-state index < -0.39 is 12.0 Å².